The summed E-state index contributed by atoms with van der Waals surface area (Å²) in [7, 11) is 0. The van der Waals surface area contributed by atoms with E-state index in [1.807, 2.05) is 36.4 Å². The highest BCUT2D eigenvalue weighted by molar-refractivity contribution is 5.76. The molecule has 6 heteroatoms. The van der Waals surface area contributed by atoms with Gasteiger partial charge in [-0.2, -0.15) is 13.2 Å². The van der Waals surface area contributed by atoms with E-state index in [9.17, 15) is 18.0 Å². The Labute approximate surface area is 120 Å². The van der Waals surface area contributed by atoms with E-state index in [2.05, 4.69) is 0 Å². The third kappa shape index (κ3) is 3.26. The molecule has 1 fully saturated rings. The summed E-state index contributed by atoms with van der Waals surface area (Å²) in [5.74, 6) is -1.79. The first-order valence-electron chi connectivity index (χ1n) is 6.59. The average molecular weight is 299 g/mol. The van der Waals surface area contributed by atoms with Gasteiger partial charge in [-0.25, -0.2) is 0 Å². The molecule has 0 aromatic heterocycles. The number of carboxylic acid groups (broad SMARTS) is 1. The Kier molecular flexibility index (Phi) is 4.37. The first-order valence-corrected chi connectivity index (χ1v) is 6.59. The van der Waals surface area contributed by atoms with E-state index >= 15 is 0 Å². The number of halogens is 3. The maximum Gasteiger partial charge on any atom is 0.406 e. The highest BCUT2D eigenvalue weighted by atomic mass is 19.4. The fraction of sp³-hybridized carbons (Fsp3) is 0.400. The zero-order valence-electron chi connectivity index (χ0n) is 11.3. The predicted molar refractivity (Wildman–Crippen MR) is 72.7 cm³/mol. The third-order valence-electron chi connectivity index (χ3n) is 3.77. The second-order valence-electron chi connectivity index (χ2n) is 5.18. The molecular formula is C15H16F3NO2. The van der Waals surface area contributed by atoms with Gasteiger partial charge in [0.15, 0.2) is 5.41 Å². The molecule has 1 aliphatic rings. The van der Waals surface area contributed by atoms with Gasteiger partial charge in [0.25, 0.3) is 0 Å². The lowest BCUT2D eigenvalue weighted by Crippen LogP contribution is -2.47. The van der Waals surface area contributed by atoms with Crippen LogP contribution in [0.15, 0.2) is 36.4 Å². The van der Waals surface area contributed by atoms with E-state index in [1.165, 1.54) is 4.90 Å². The molecule has 0 amide bonds. The molecule has 0 bridgehead atoms. The Morgan fingerprint density at radius 3 is 2.52 bits per heavy atom. The monoisotopic (exact) mass is 299 g/mol. The van der Waals surface area contributed by atoms with Gasteiger partial charge in [-0.3, -0.25) is 9.69 Å². The fourth-order valence-corrected chi connectivity index (χ4v) is 2.47. The highest BCUT2D eigenvalue weighted by Gasteiger charge is 2.63. The molecule has 0 aliphatic carbocycles. The van der Waals surface area contributed by atoms with Crippen molar-refractivity contribution < 1.29 is 23.1 Å². The molecule has 0 saturated carbocycles. The van der Waals surface area contributed by atoms with Crippen LogP contribution in [0.25, 0.3) is 6.08 Å². The molecule has 1 aromatic carbocycles. The number of carboxylic acids is 1. The van der Waals surface area contributed by atoms with E-state index in [4.69, 9.17) is 5.11 Å². The maximum atomic E-state index is 13.0. The van der Waals surface area contributed by atoms with Crippen molar-refractivity contribution in [3.63, 3.8) is 0 Å². The summed E-state index contributed by atoms with van der Waals surface area (Å²) in [6.07, 6.45) is -1.56. The molecule has 1 atom stereocenters. The van der Waals surface area contributed by atoms with Crippen molar-refractivity contribution in [1.82, 2.24) is 4.90 Å². The Balaban J connectivity index is 1.99. The first kappa shape index (κ1) is 15.6. The number of nitrogens with zero attached hydrogens (tertiary/aromatic N) is 1. The smallest absolute Gasteiger partial charge is 0.406 e. The molecule has 0 spiro atoms. The zero-order valence-corrected chi connectivity index (χ0v) is 11.3. The summed E-state index contributed by atoms with van der Waals surface area (Å²) in [6, 6.07) is 9.39. The normalized spacial score (nSPS) is 23.8. The van der Waals surface area contributed by atoms with E-state index in [-0.39, 0.29) is 6.54 Å². The fourth-order valence-electron chi connectivity index (χ4n) is 2.47. The van der Waals surface area contributed by atoms with Gasteiger partial charge in [0.1, 0.15) is 0 Å². The number of hydrogen-bond acceptors (Lipinski definition) is 2. The van der Waals surface area contributed by atoms with Crippen LogP contribution in [0.5, 0.6) is 0 Å². The van der Waals surface area contributed by atoms with Gasteiger partial charge >= 0.3 is 12.1 Å². The van der Waals surface area contributed by atoms with Crippen molar-refractivity contribution in [1.29, 1.82) is 0 Å². The molecular weight excluding hydrogens is 283 g/mol. The molecule has 1 saturated heterocycles. The summed E-state index contributed by atoms with van der Waals surface area (Å²) in [4.78, 5) is 12.6. The van der Waals surface area contributed by atoms with E-state index in [0.29, 0.717) is 6.54 Å². The molecule has 114 valence electrons. The van der Waals surface area contributed by atoms with Crippen LogP contribution >= 0.6 is 0 Å². The van der Waals surface area contributed by atoms with Crippen LogP contribution in [0.4, 0.5) is 13.2 Å². The number of alkyl halides is 3. The average Bonchev–Trinajstić information content (AvgIpc) is 2.85. The molecule has 21 heavy (non-hydrogen) atoms. The van der Waals surface area contributed by atoms with Crippen molar-refractivity contribution in [2.75, 3.05) is 19.6 Å². The molecule has 1 aromatic rings. The highest BCUT2D eigenvalue weighted by Crippen LogP contribution is 2.45. The standard InChI is InChI=1S/C15H16F3NO2/c16-15(17,18)14(13(20)21)8-10-19(11-14)9-4-7-12-5-2-1-3-6-12/h1-7H,8-11H2,(H,20,21). The van der Waals surface area contributed by atoms with Crippen molar-refractivity contribution >= 4 is 12.0 Å². The van der Waals surface area contributed by atoms with Crippen LogP contribution in [-0.4, -0.2) is 41.8 Å². The summed E-state index contributed by atoms with van der Waals surface area (Å²) in [5.41, 5.74) is -1.68. The molecule has 1 unspecified atom stereocenters. The molecule has 0 radical (unpaired) electrons. The predicted octanol–water partition coefficient (Wildman–Crippen LogP) is 3.04. The summed E-state index contributed by atoms with van der Waals surface area (Å²) in [5, 5.41) is 8.96. The lowest BCUT2D eigenvalue weighted by atomic mass is 9.86. The van der Waals surface area contributed by atoms with Crippen LogP contribution in [-0.2, 0) is 4.79 Å². The molecule has 1 N–H and O–H groups in total. The second kappa shape index (κ2) is 5.89. The number of rotatable bonds is 4. The molecule has 1 heterocycles. The number of hydrogen-bond donors (Lipinski definition) is 1. The van der Waals surface area contributed by atoms with Gasteiger partial charge in [-0.15, -0.1) is 0 Å². The quantitative estimate of drug-likeness (QED) is 0.929. The van der Waals surface area contributed by atoms with Gasteiger partial charge in [0, 0.05) is 13.1 Å². The summed E-state index contributed by atoms with van der Waals surface area (Å²) >= 11 is 0. The van der Waals surface area contributed by atoms with Crippen molar-refractivity contribution in [3.05, 3.63) is 42.0 Å². The van der Waals surface area contributed by atoms with Crippen LogP contribution in [0.3, 0.4) is 0 Å². The number of benzene rings is 1. The van der Waals surface area contributed by atoms with Gasteiger partial charge < -0.3 is 5.11 Å². The van der Waals surface area contributed by atoms with Crippen LogP contribution < -0.4 is 0 Å². The molecule has 2 rings (SSSR count). The molecule has 3 nitrogen and oxygen atoms in total. The number of likely N-dealkylation sites (tertiary alicyclic amines) is 1. The first-order chi connectivity index (χ1) is 9.85. The lowest BCUT2D eigenvalue weighted by molar-refractivity contribution is -0.227. The van der Waals surface area contributed by atoms with Gasteiger partial charge in [0.2, 0.25) is 0 Å². The van der Waals surface area contributed by atoms with Crippen LogP contribution in [0.2, 0.25) is 0 Å². The van der Waals surface area contributed by atoms with E-state index in [0.717, 1.165) is 5.56 Å². The van der Waals surface area contributed by atoms with E-state index < -0.39 is 30.5 Å². The minimum absolute atomic E-state index is 0.130. The van der Waals surface area contributed by atoms with E-state index in [1.54, 1.807) is 6.08 Å². The van der Waals surface area contributed by atoms with Crippen molar-refractivity contribution in [3.8, 4) is 0 Å². The topological polar surface area (TPSA) is 40.5 Å². The SMILES string of the molecule is O=C(O)C1(C(F)(F)F)CCN(CC=Cc2ccccc2)C1. The van der Waals surface area contributed by atoms with Gasteiger partial charge in [-0.05, 0) is 18.5 Å². The third-order valence-corrected chi connectivity index (χ3v) is 3.77. The minimum atomic E-state index is -4.73. The van der Waals surface area contributed by atoms with Gasteiger partial charge in [-0.1, -0.05) is 42.5 Å². The van der Waals surface area contributed by atoms with Crippen molar-refractivity contribution in [2.45, 2.75) is 12.6 Å². The summed E-state index contributed by atoms with van der Waals surface area (Å²) < 4.78 is 39.0. The van der Waals surface area contributed by atoms with Gasteiger partial charge in [0.05, 0.1) is 0 Å². The van der Waals surface area contributed by atoms with Crippen LogP contribution in [0, 0.1) is 5.41 Å². The maximum absolute atomic E-state index is 13.0. The Hall–Kier alpha value is -1.82. The van der Waals surface area contributed by atoms with Crippen LogP contribution in [0.1, 0.15) is 12.0 Å². The Morgan fingerprint density at radius 2 is 2.00 bits per heavy atom. The largest absolute Gasteiger partial charge is 0.481 e. The Morgan fingerprint density at radius 1 is 1.33 bits per heavy atom. The number of carbonyl (C=O) groups is 1. The lowest BCUT2D eigenvalue weighted by Gasteiger charge is -2.27. The number of aliphatic carboxylic acids is 1. The summed E-state index contributed by atoms with van der Waals surface area (Å²) in [6.45, 7) is -0.0596. The minimum Gasteiger partial charge on any atom is -0.481 e. The Bertz CT molecular complexity index is 527. The zero-order chi connectivity index (χ0) is 15.5. The van der Waals surface area contributed by atoms with Crippen molar-refractivity contribution in [2.24, 2.45) is 5.41 Å². The molecule has 1 aliphatic heterocycles. The second-order valence-corrected chi connectivity index (χ2v) is 5.18.